The van der Waals surface area contributed by atoms with E-state index in [9.17, 15) is 0 Å². The average Bonchev–Trinajstić information content (AvgIpc) is 2.77. The lowest BCUT2D eigenvalue weighted by Crippen LogP contribution is -2.32. The summed E-state index contributed by atoms with van der Waals surface area (Å²) in [6, 6.07) is 2.08. The molecular weight excluding hydrogens is 236 g/mol. The lowest BCUT2D eigenvalue weighted by molar-refractivity contribution is 0.301. The minimum Gasteiger partial charge on any atom is -0.310 e. The van der Waals surface area contributed by atoms with Crippen molar-refractivity contribution in [2.45, 2.75) is 33.9 Å². The topological polar surface area (TPSA) is 33.1 Å². The standard InChI is InChI=1S/C12H24N4.ClH/c1-4-15(5-2)10-9-13-11-12-7-8-14-16(12)6-3;/h7-8,13H,4-6,9-11H2,1-3H3;1H. The van der Waals surface area contributed by atoms with Crippen molar-refractivity contribution in [1.29, 1.82) is 0 Å². The van der Waals surface area contributed by atoms with Crippen LogP contribution in [0.4, 0.5) is 0 Å². The van der Waals surface area contributed by atoms with Crippen molar-refractivity contribution in [3.63, 3.8) is 0 Å². The lowest BCUT2D eigenvalue weighted by Gasteiger charge is -2.18. The van der Waals surface area contributed by atoms with Crippen molar-refractivity contribution in [3.8, 4) is 0 Å². The zero-order valence-corrected chi connectivity index (χ0v) is 12.0. The molecule has 0 aliphatic heterocycles. The molecule has 0 unspecified atom stereocenters. The summed E-state index contributed by atoms with van der Waals surface area (Å²) in [5, 5.41) is 7.71. The van der Waals surface area contributed by atoms with Gasteiger partial charge in [0.2, 0.25) is 0 Å². The van der Waals surface area contributed by atoms with E-state index in [0.717, 1.165) is 39.3 Å². The number of hydrogen-bond acceptors (Lipinski definition) is 3. The van der Waals surface area contributed by atoms with Gasteiger partial charge in [0, 0.05) is 32.4 Å². The van der Waals surface area contributed by atoms with Gasteiger partial charge in [-0.15, -0.1) is 12.4 Å². The number of halogens is 1. The van der Waals surface area contributed by atoms with Gasteiger partial charge >= 0.3 is 0 Å². The van der Waals surface area contributed by atoms with E-state index in [4.69, 9.17) is 0 Å². The van der Waals surface area contributed by atoms with E-state index in [0.29, 0.717) is 0 Å². The maximum absolute atomic E-state index is 4.25. The van der Waals surface area contributed by atoms with E-state index < -0.39 is 0 Å². The summed E-state index contributed by atoms with van der Waals surface area (Å²) in [6.07, 6.45) is 1.87. The molecule has 0 aliphatic rings. The highest BCUT2D eigenvalue weighted by atomic mass is 35.5. The molecule has 0 saturated heterocycles. The molecule has 5 heteroatoms. The monoisotopic (exact) mass is 260 g/mol. The maximum atomic E-state index is 4.25. The van der Waals surface area contributed by atoms with Gasteiger partial charge in [-0.1, -0.05) is 13.8 Å². The van der Waals surface area contributed by atoms with E-state index in [1.54, 1.807) is 0 Å². The normalized spacial score (nSPS) is 10.6. The van der Waals surface area contributed by atoms with E-state index >= 15 is 0 Å². The summed E-state index contributed by atoms with van der Waals surface area (Å²) >= 11 is 0. The summed E-state index contributed by atoms with van der Waals surface area (Å²) < 4.78 is 2.03. The Labute approximate surface area is 111 Å². The number of hydrogen-bond donors (Lipinski definition) is 1. The minimum absolute atomic E-state index is 0. The number of nitrogens with one attached hydrogen (secondary N) is 1. The minimum atomic E-state index is 0. The highest BCUT2D eigenvalue weighted by Crippen LogP contribution is 1.97. The van der Waals surface area contributed by atoms with Crippen molar-refractivity contribution in [2.75, 3.05) is 26.2 Å². The zero-order valence-electron chi connectivity index (χ0n) is 11.1. The number of aryl methyl sites for hydroxylation is 1. The highest BCUT2D eigenvalue weighted by Gasteiger charge is 2.01. The third-order valence-corrected chi connectivity index (χ3v) is 2.91. The summed E-state index contributed by atoms with van der Waals surface area (Å²) in [4.78, 5) is 2.42. The first-order valence-corrected chi connectivity index (χ1v) is 6.25. The van der Waals surface area contributed by atoms with Gasteiger partial charge in [-0.05, 0) is 26.1 Å². The Morgan fingerprint density at radius 3 is 2.59 bits per heavy atom. The van der Waals surface area contributed by atoms with Crippen LogP contribution in [0.1, 0.15) is 26.5 Å². The van der Waals surface area contributed by atoms with Crippen molar-refractivity contribution in [1.82, 2.24) is 20.0 Å². The lowest BCUT2D eigenvalue weighted by atomic mass is 10.4. The quantitative estimate of drug-likeness (QED) is 0.723. The number of nitrogens with zero attached hydrogens (tertiary/aromatic N) is 3. The third-order valence-electron chi connectivity index (χ3n) is 2.91. The molecule has 1 aromatic heterocycles. The molecule has 1 heterocycles. The predicted octanol–water partition coefficient (Wildman–Crippen LogP) is 1.76. The van der Waals surface area contributed by atoms with Crippen LogP contribution in [0, 0.1) is 0 Å². The molecule has 0 amide bonds. The van der Waals surface area contributed by atoms with Crippen LogP contribution < -0.4 is 5.32 Å². The predicted molar refractivity (Wildman–Crippen MR) is 74.6 cm³/mol. The van der Waals surface area contributed by atoms with Gasteiger partial charge in [0.1, 0.15) is 0 Å². The summed E-state index contributed by atoms with van der Waals surface area (Å²) in [6.45, 7) is 12.8. The molecule has 0 spiro atoms. The van der Waals surface area contributed by atoms with Crippen LogP contribution in [-0.4, -0.2) is 40.9 Å². The van der Waals surface area contributed by atoms with Crippen LogP contribution in [0.5, 0.6) is 0 Å². The van der Waals surface area contributed by atoms with Gasteiger partial charge in [-0.2, -0.15) is 5.10 Å². The van der Waals surface area contributed by atoms with Crippen LogP contribution in [-0.2, 0) is 13.1 Å². The van der Waals surface area contributed by atoms with E-state index in [1.807, 2.05) is 10.9 Å². The second-order valence-corrected chi connectivity index (χ2v) is 3.84. The average molecular weight is 261 g/mol. The Balaban J connectivity index is 0.00000256. The van der Waals surface area contributed by atoms with Crippen molar-refractivity contribution >= 4 is 12.4 Å². The molecule has 4 nitrogen and oxygen atoms in total. The summed E-state index contributed by atoms with van der Waals surface area (Å²) in [5.41, 5.74) is 1.27. The van der Waals surface area contributed by atoms with E-state index in [1.165, 1.54) is 5.69 Å². The van der Waals surface area contributed by atoms with Gasteiger partial charge < -0.3 is 10.2 Å². The molecule has 0 aromatic carbocycles. The van der Waals surface area contributed by atoms with Crippen LogP contribution in [0.15, 0.2) is 12.3 Å². The molecule has 0 aliphatic carbocycles. The first-order chi connectivity index (χ1) is 7.81. The largest absolute Gasteiger partial charge is 0.310 e. The molecule has 0 saturated carbocycles. The molecule has 1 N–H and O–H groups in total. The fraction of sp³-hybridized carbons (Fsp3) is 0.750. The van der Waals surface area contributed by atoms with Gasteiger partial charge in [0.05, 0.1) is 5.69 Å². The highest BCUT2D eigenvalue weighted by molar-refractivity contribution is 5.85. The van der Waals surface area contributed by atoms with E-state index in [-0.39, 0.29) is 12.4 Å². The van der Waals surface area contributed by atoms with Crippen LogP contribution in [0.2, 0.25) is 0 Å². The Bertz CT molecular complexity index is 284. The Morgan fingerprint density at radius 1 is 1.29 bits per heavy atom. The summed E-state index contributed by atoms with van der Waals surface area (Å²) in [5.74, 6) is 0. The van der Waals surface area contributed by atoms with Gasteiger partial charge in [0.25, 0.3) is 0 Å². The van der Waals surface area contributed by atoms with Crippen LogP contribution >= 0.6 is 12.4 Å². The molecule has 0 radical (unpaired) electrons. The number of rotatable bonds is 8. The number of aromatic nitrogens is 2. The first-order valence-electron chi connectivity index (χ1n) is 6.25. The van der Waals surface area contributed by atoms with Crippen molar-refractivity contribution in [2.24, 2.45) is 0 Å². The fourth-order valence-electron chi connectivity index (χ4n) is 1.79. The van der Waals surface area contributed by atoms with E-state index in [2.05, 4.69) is 42.2 Å². The molecule has 100 valence electrons. The Hall–Kier alpha value is -0.580. The Kier molecular flexibility index (Phi) is 9.13. The van der Waals surface area contributed by atoms with Crippen LogP contribution in [0.3, 0.4) is 0 Å². The van der Waals surface area contributed by atoms with Gasteiger partial charge in [-0.3, -0.25) is 4.68 Å². The first kappa shape index (κ1) is 16.4. The maximum Gasteiger partial charge on any atom is 0.0521 e. The molecule has 1 aromatic rings. The fourth-order valence-corrected chi connectivity index (χ4v) is 1.79. The molecular formula is C12H25ClN4. The zero-order chi connectivity index (χ0) is 11.8. The second kappa shape index (κ2) is 9.45. The molecule has 0 fully saturated rings. The number of likely N-dealkylation sites (N-methyl/N-ethyl adjacent to an activating group) is 1. The second-order valence-electron chi connectivity index (χ2n) is 3.84. The third kappa shape index (κ3) is 5.52. The summed E-state index contributed by atoms with van der Waals surface area (Å²) in [7, 11) is 0. The molecule has 0 atom stereocenters. The van der Waals surface area contributed by atoms with Gasteiger partial charge in [0.15, 0.2) is 0 Å². The molecule has 0 bridgehead atoms. The van der Waals surface area contributed by atoms with Crippen molar-refractivity contribution < 1.29 is 0 Å². The van der Waals surface area contributed by atoms with Crippen molar-refractivity contribution in [3.05, 3.63) is 18.0 Å². The molecule has 17 heavy (non-hydrogen) atoms. The molecule has 1 rings (SSSR count). The Morgan fingerprint density at radius 2 is 2.00 bits per heavy atom. The SMILES string of the molecule is CCN(CC)CCNCc1ccnn1CC.Cl. The smallest absolute Gasteiger partial charge is 0.0521 e. The van der Waals surface area contributed by atoms with Crippen LogP contribution in [0.25, 0.3) is 0 Å². The van der Waals surface area contributed by atoms with Gasteiger partial charge in [-0.25, -0.2) is 0 Å².